The van der Waals surface area contributed by atoms with E-state index in [9.17, 15) is 19.2 Å². The number of halogens is 1. The van der Waals surface area contributed by atoms with Gasteiger partial charge in [0.1, 0.15) is 18.1 Å². The average Bonchev–Trinajstić information content (AvgIpc) is 2.42. The molecule has 0 aromatic carbocycles. The first-order valence-electron chi connectivity index (χ1n) is 7.16. The Hall–Kier alpha value is -1.87. The molecule has 0 radical (unpaired) electrons. The van der Waals surface area contributed by atoms with E-state index in [0.717, 1.165) is 6.92 Å². The van der Waals surface area contributed by atoms with E-state index in [1.807, 2.05) is 0 Å². The van der Waals surface area contributed by atoms with Crippen molar-refractivity contribution in [2.75, 3.05) is 6.61 Å². The van der Waals surface area contributed by atoms with E-state index in [0.29, 0.717) is 0 Å². The van der Waals surface area contributed by atoms with Gasteiger partial charge >= 0.3 is 17.9 Å². The average molecular weight is 366 g/mol. The maximum absolute atomic E-state index is 11.4. The van der Waals surface area contributed by atoms with Gasteiger partial charge in [0.05, 0.1) is 0 Å². The predicted octanol–water partition coefficient (Wildman–Crippen LogP) is -0.119. The molecule has 136 valence electrons. The fourth-order valence-electron chi connectivity index (χ4n) is 2.21. The lowest BCUT2D eigenvalue weighted by molar-refractivity contribution is -0.217. The largest absolute Gasteiger partial charge is 0.463 e. The second-order valence-electron chi connectivity index (χ2n) is 5.19. The summed E-state index contributed by atoms with van der Waals surface area (Å²) in [6.07, 6.45) is -4.20. The Morgan fingerprint density at radius 3 is 1.96 bits per heavy atom. The van der Waals surface area contributed by atoms with E-state index in [1.54, 1.807) is 0 Å². The van der Waals surface area contributed by atoms with Crippen LogP contribution in [-0.2, 0) is 38.1 Å². The molecule has 1 amide bonds. The summed E-state index contributed by atoms with van der Waals surface area (Å²) in [7, 11) is 0. The zero-order chi connectivity index (χ0) is 18.4. The lowest BCUT2D eigenvalue weighted by Gasteiger charge is -2.43. The smallest absolute Gasteiger partial charge is 0.303 e. The van der Waals surface area contributed by atoms with E-state index >= 15 is 0 Å². The van der Waals surface area contributed by atoms with Gasteiger partial charge in [-0.2, -0.15) is 0 Å². The summed E-state index contributed by atoms with van der Waals surface area (Å²) >= 11 is 6.23. The minimum absolute atomic E-state index is 0.273. The van der Waals surface area contributed by atoms with Crippen LogP contribution in [0.4, 0.5) is 0 Å². The summed E-state index contributed by atoms with van der Waals surface area (Å²) in [5.41, 5.74) is 0. The molecule has 1 fully saturated rings. The normalized spacial score (nSPS) is 29.3. The number of rotatable bonds is 5. The van der Waals surface area contributed by atoms with E-state index in [1.165, 1.54) is 20.8 Å². The van der Waals surface area contributed by atoms with Gasteiger partial charge in [0.15, 0.2) is 18.4 Å². The van der Waals surface area contributed by atoms with Crippen LogP contribution in [0, 0.1) is 0 Å². The molecule has 0 saturated carbocycles. The molecule has 5 atom stereocenters. The van der Waals surface area contributed by atoms with Gasteiger partial charge in [-0.1, -0.05) is 0 Å². The first-order valence-corrected chi connectivity index (χ1v) is 7.60. The summed E-state index contributed by atoms with van der Waals surface area (Å²) in [5.74, 6) is -2.31. The molecule has 0 spiro atoms. The third kappa shape index (κ3) is 5.97. The van der Waals surface area contributed by atoms with Crippen molar-refractivity contribution in [2.24, 2.45) is 0 Å². The van der Waals surface area contributed by atoms with Gasteiger partial charge < -0.3 is 24.3 Å². The van der Waals surface area contributed by atoms with Crippen LogP contribution in [0.2, 0.25) is 0 Å². The Kier molecular flexibility index (Phi) is 7.43. The minimum Gasteiger partial charge on any atom is -0.463 e. The fourth-order valence-corrected chi connectivity index (χ4v) is 2.53. The van der Waals surface area contributed by atoms with Crippen LogP contribution >= 0.6 is 11.6 Å². The van der Waals surface area contributed by atoms with E-state index < -0.39 is 53.7 Å². The maximum atomic E-state index is 11.4. The summed E-state index contributed by atoms with van der Waals surface area (Å²) in [5, 5.41) is 1.44. The Morgan fingerprint density at radius 1 is 0.958 bits per heavy atom. The molecule has 10 heteroatoms. The van der Waals surface area contributed by atoms with Gasteiger partial charge in [-0.15, -0.1) is 11.6 Å². The molecule has 0 aromatic heterocycles. The van der Waals surface area contributed by atoms with Crippen LogP contribution in [0.3, 0.4) is 0 Å². The molecule has 0 bridgehead atoms. The Balaban J connectivity index is 3.08. The van der Waals surface area contributed by atoms with Crippen molar-refractivity contribution < 1.29 is 38.1 Å². The second-order valence-corrected chi connectivity index (χ2v) is 5.69. The molecule has 1 aliphatic rings. The zero-order valence-electron chi connectivity index (χ0n) is 13.7. The van der Waals surface area contributed by atoms with Crippen molar-refractivity contribution in [1.82, 2.24) is 5.32 Å². The van der Waals surface area contributed by atoms with Crippen LogP contribution in [-0.4, -0.2) is 60.3 Å². The second kappa shape index (κ2) is 8.84. The molecule has 0 aliphatic carbocycles. The molecule has 0 aromatic rings. The highest BCUT2D eigenvalue weighted by atomic mass is 35.5. The van der Waals surface area contributed by atoms with Gasteiger partial charge in [0.2, 0.25) is 5.91 Å². The number of nitrogens with one attached hydrogen (secondary N) is 1. The quantitative estimate of drug-likeness (QED) is 0.407. The molecule has 1 aliphatic heterocycles. The van der Waals surface area contributed by atoms with E-state index in [-0.39, 0.29) is 6.61 Å². The molecular weight excluding hydrogens is 346 g/mol. The van der Waals surface area contributed by atoms with Crippen LogP contribution < -0.4 is 5.32 Å². The van der Waals surface area contributed by atoms with Crippen LogP contribution in [0.25, 0.3) is 0 Å². The van der Waals surface area contributed by atoms with Gasteiger partial charge in [0, 0.05) is 27.7 Å². The van der Waals surface area contributed by atoms with Gasteiger partial charge in [0.25, 0.3) is 0 Å². The topological polar surface area (TPSA) is 117 Å². The van der Waals surface area contributed by atoms with Crippen molar-refractivity contribution in [3.05, 3.63) is 0 Å². The number of carbonyl (C=O) groups excluding carboxylic acids is 4. The molecule has 9 nitrogen and oxygen atoms in total. The maximum Gasteiger partial charge on any atom is 0.303 e. The SMILES string of the molecule is CC(=O)N[C@@H]1O[C@H](COC(C)=O)[C@H](OC(C)=O)[C@H](OC(C)=O)[C@H]1Cl. The number of hydrogen-bond donors (Lipinski definition) is 1. The van der Waals surface area contributed by atoms with Gasteiger partial charge in [-0.3, -0.25) is 19.2 Å². The molecule has 24 heavy (non-hydrogen) atoms. The molecule has 1 rings (SSSR count). The van der Waals surface area contributed by atoms with Crippen molar-refractivity contribution >= 4 is 35.4 Å². The van der Waals surface area contributed by atoms with Gasteiger partial charge in [-0.05, 0) is 0 Å². The molecular formula is C14H20ClNO8. The molecule has 1 heterocycles. The highest BCUT2D eigenvalue weighted by Gasteiger charge is 2.49. The van der Waals surface area contributed by atoms with E-state index in [2.05, 4.69) is 5.32 Å². The Bertz CT molecular complexity index is 495. The number of ether oxygens (including phenoxy) is 4. The zero-order valence-corrected chi connectivity index (χ0v) is 14.5. The fraction of sp³-hybridized carbons (Fsp3) is 0.714. The number of amides is 1. The highest BCUT2D eigenvalue weighted by molar-refractivity contribution is 6.21. The molecule has 1 N–H and O–H groups in total. The third-order valence-electron chi connectivity index (χ3n) is 3.02. The molecule has 1 saturated heterocycles. The van der Waals surface area contributed by atoms with Crippen molar-refractivity contribution in [1.29, 1.82) is 0 Å². The number of carbonyl (C=O) groups is 4. The van der Waals surface area contributed by atoms with Crippen LogP contribution in [0.5, 0.6) is 0 Å². The highest BCUT2D eigenvalue weighted by Crippen LogP contribution is 2.29. The molecule has 0 unspecified atom stereocenters. The van der Waals surface area contributed by atoms with E-state index in [4.69, 9.17) is 30.5 Å². The summed E-state index contributed by atoms with van der Waals surface area (Å²) in [4.78, 5) is 45.0. The standard InChI is InChI=1S/C14H20ClNO8/c1-6(17)16-14-11(15)13(23-9(4)20)12(22-8(3)19)10(24-14)5-21-7(2)18/h10-14H,5H2,1-4H3,(H,16,17)/t10-,11-,12+,13-,14-/m1/s1. The summed E-state index contributed by atoms with van der Waals surface area (Å²) in [6.45, 7) is 4.51. The Labute approximate surface area is 143 Å². The van der Waals surface area contributed by atoms with Crippen molar-refractivity contribution in [3.8, 4) is 0 Å². The summed E-state index contributed by atoms with van der Waals surface area (Å²) in [6, 6.07) is 0. The first kappa shape index (κ1) is 20.2. The third-order valence-corrected chi connectivity index (χ3v) is 3.49. The number of hydrogen-bond acceptors (Lipinski definition) is 8. The first-order chi connectivity index (χ1) is 11.1. The number of esters is 3. The minimum atomic E-state index is -1.10. The lowest BCUT2D eigenvalue weighted by atomic mass is 9.99. The lowest BCUT2D eigenvalue weighted by Crippen LogP contribution is -2.63. The monoisotopic (exact) mass is 365 g/mol. The Morgan fingerprint density at radius 2 is 1.50 bits per heavy atom. The summed E-state index contributed by atoms with van der Waals surface area (Å²) < 4.78 is 20.7. The van der Waals surface area contributed by atoms with Crippen LogP contribution in [0.15, 0.2) is 0 Å². The van der Waals surface area contributed by atoms with Crippen LogP contribution in [0.1, 0.15) is 27.7 Å². The number of alkyl halides is 1. The van der Waals surface area contributed by atoms with Gasteiger partial charge in [-0.25, -0.2) is 0 Å². The predicted molar refractivity (Wildman–Crippen MR) is 79.9 cm³/mol. The van der Waals surface area contributed by atoms with Crippen molar-refractivity contribution in [2.45, 2.75) is 57.6 Å². The van der Waals surface area contributed by atoms with Crippen molar-refractivity contribution in [3.63, 3.8) is 0 Å².